The quantitative estimate of drug-likeness (QED) is 0.860. The largest absolute Gasteiger partial charge is 0.394 e. The summed E-state index contributed by atoms with van der Waals surface area (Å²) in [7, 11) is 0. The Morgan fingerprint density at radius 3 is 2.84 bits per heavy atom. The van der Waals surface area contributed by atoms with Crippen molar-refractivity contribution in [3.63, 3.8) is 0 Å². The predicted octanol–water partition coefficient (Wildman–Crippen LogP) is 1.18. The van der Waals surface area contributed by atoms with Crippen molar-refractivity contribution in [3.8, 4) is 0 Å². The molecular weight excluding hydrogens is 240 g/mol. The molecular formula is C15H22N2O2. The lowest BCUT2D eigenvalue weighted by atomic mass is 10.1. The summed E-state index contributed by atoms with van der Waals surface area (Å²) in [6, 6.07) is 7.51. The second kappa shape index (κ2) is 6.17. The zero-order valence-corrected chi connectivity index (χ0v) is 11.6. The summed E-state index contributed by atoms with van der Waals surface area (Å²) >= 11 is 0. The van der Waals surface area contributed by atoms with Gasteiger partial charge in [-0.2, -0.15) is 0 Å². The first-order valence-electron chi connectivity index (χ1n) is 6.90. The van der Waals surface area contributed by atoms with Crippen LogP contribution in [0.3, 0.4) is 0 Å². The van der Waals surface area contributed by atoms with E-state index < -0.39 is 6.04 Å². The average molecular weight is 262 g/mol. The van der Waals surface area contributed by atoms with Crippen LogP contribution in [-0.2, 0) is 11.2 Å². The maximum absolute atomic E-state index is 12.5. The van der Waals surface area contributed by atoms with Gasteiger partial charge in [-0.25, -0.2) is 0 Å². The number of aryl methyl sites for hydroxylation is 1. The van der Waals surface area contributed by atoms with Gasteiger partial charge in [0.25, 0.3) is 0 Å². The molecule has 1 aliphatic rings. The van der Waals surface area contributed by atoms with Crippen LogP contribution >= 0.6 is 0 Å². The van der Waals surface area contributed by atoms with Crippen molar-refractivity contribution in [2.45, 2.75) is 26.3 Å². The molecule has 0 bridgehead atoms. The molecule has 19 heavy (non-hydrogen) atoms. The van der Waals surface area contributed by atoms with E-state index in [1.165, 1.54) is 5.56 Å². The average Bonchev–Trinajstić information content (AvgIpc) is 2.58. The second-order valence-corrected chi connectivity index (χ2v) is 5.18. The summed E-state index contributed by atoms with van der Waals surface area (Å²) in [5, 5.41) is 12.5. The lowest BCUT2D eigenvalue weighted by Gasteiger charge is -2.26. The molecule has 0 radical (unpaired) electrons. The highest BCUT2D eigenvalue weighted by atomic mass is 16.3. The van der Waals surface area contributed by atoms with Gasteiger partial charge in [0.2, 0.25) is 5.91 Å². The SMILES string of the molecule is CCc1ccccc1N1CC(C)CNC(CO)C1=O. The van der Waals surface area contributed by atoms with Crippen molar-refractivity contribution in [3.05, 3.63) is 29.8 Å². The van der Waals surface area contributed by atoms with Gasteiger partial charge in [0.15, 0.2) is 0 Å². The highest BCUT2D eigenvalue weighted by Crippen LogP contribution is 2.24. The summed E-state index contributed by atoms with van der Waals surface area (Å²) in [6.45, 7) is 5.49. The monoisotopic (exact) mass is 262 g/mol. The number of carbonyl (C=O) groups is 1. The Bertz CT molecular complexity index is 448. The molecule has 2 unspecified atom stereocenters. The molecule has 104 valence electrons. The normalized spacial score (nSPS) is 24.4. The lowest BCUT2D eigenvalue weighted by Crippen LogP contribution is -2.46. The molecule has 4 heteroatoms. The van der Waals surface area contributed by atoms with E-state index in [9.17, 15) is 9.90 Å². The van der Waals surface area contributed by atoms with Crippen LogP contribution < -0.4 is 10.2 Å². The number of hydrogen-bond donors (Lipinski definition) is 2. The Balaban J connectivity index is 2.36. The zero-order valence-electron chi connectivity index (χ0n) is 11.6. The van der Waals surface area contributed by atoms with Crippen LogP contribution in [0, 0.1) is 5.92 Å². The maximum atomic E-state index is 12.5. The Labute approximate surface area is 114 Å². The first kappa shape index (κ1) is 14.0. The molecule has 4 nitrogen and oxygen atoms in total. The topological polar surface area (TPSA) is 52.6 Å². The van der Waals surface area contributed by atoms with Gasteiger partial charge in [-0.1, -0.05) is 32.0 Å². The van der Waals surface area contributed by atoms with E-state index >= 15 is 0 Å². The van der Waals surface area contributed by atoms with Crippen LogP contribution in [0.25, 0.3) is 0 Å². The summed E-state index contributed by atoms with van der Waals surface area (Å²) in [4.78, 5) is 14.3. The molecule has 0 aliphatic carbocycles. The molecule has 2 N–H and O–H groups in total. The molecule has 0 spiro atoms. The molecule has 2 atom stereocenters. The van der Waals surface area contributed by atoms with E-state index in [-0.39, 0.29) is 12.5 Å². The van der Waals surface area contributed by atoms with Crippen LogP contribution in [-0.4, -0.2) is 36.8 Å². The van der Waals surface area contributed by atoms with Gasteiger partial charge in [-0.3, -0.25) is 4.79 Å². The molecule has 1 saturated heterocycles. The highest BCUT2D eigenvalue weighted by Gasteiger charge is 2.30. The van der Waals surface area contributed by atoms with E-state index in [2.05, 4.69) is 25.2 Å². The van der Waals surface area contributed by atoms with Crippen molar-refractivity contribution >= 4 is 11.6 Å². The maximum Gasteiger partial charge on any atom is 0.246 e. The molecule has 0 saturated carbocycles. The standard InChI is InChI=1S/C15H22N2O2/c1-3-12-6-4-5-7-14(12)17-9-11(2)8-16-13(10-18)15(17)19/h4-7,11,13,16,18H,3,8-10H2,1-2H3. The van der Waals surface area contributed by atoms with E-state index in [4.69, 9.17) is 0 Å². The van der Waals surface area contributed by atoms with Crippen molar-refractivity contribution in [2.24, 2.45) is 5.92 Å². The molecule has 1 aromatic carbocycles. The third kappa shape index (κ3) is 2.96. The number of aliphatic hydroxyl groups is 1. The zero-order chi connectivity index (χ0) is 13.8. The Hall–Kier alpha value is -1.39. The smallest absolute Gasteiger partial charge is 0.246 e. The minimum absolute atomic E-state index is 0.0345. The third-order valence-electron chi connectivity index (χ3n) is 3.62. The number of nitrogens with one attached hydrogen (secondary N) is 1. The number of anilines is 1. The van der Waals surface area contributed by atoms with Crippen molar-refractivity contribution < 1.29 is 9.90 Å². The third-order valence-corrected chi connectivity index (χ3v) is 3.62. The van der Waals surface area contributed by atoms with Crippen molar-refractivity contribution in [1.82, 2.24) is 5.32 Å². The van der Waals surface area contributed by atoms with E-state index in [0.29, 0.717) is 12.5 Å². The molecule has 0 aromatic heterocycles. The fourth-order valence-corrected chi connectivity index (χ4v) is 2.52. The summed E-state index contributed by atoms with van der Waals surface area (Å²) < 4.78 is 0. The van der Waals surface area contributed by atoms with Crippen LogP contribution in [0.2, 0.25) is 0 Å². The van der Waals surface area contributed by atoms with Crippen molar-refractivity contribution in [1.29, 1.82) is 0 Å². The first-order valence-corrected chi connectivity index (χ1v) is 6.90. The first-order chi connectivity index (χ1) is 9.17. The Kier molecular flexibility index (Phi) is 4.56. The van der Waals surface area contributed by atoms with E-state index in [1.807, 2.05) is 23.1 Å². The number of carbonyl (C=O) groups excluding carboxylic acids is 1. The minimum Gasteiger partial charge on any atom is -0.394 e. The number of para-hydroxylation sites is 1. The van der Waals surface area contributed by atoms with E-state index in [1.54, 1.807) is 0 Å². The molecule has 1 heterocycles. The van der Waals surface area contributed by atoms with Gasteiger partial charge in [0.05, 0.1) is 6.61 Å². The number of nitrogens with zero attached hydrogens (tertiary/aromatic N) is 1. The number of benzene rings is 1. The van der Waals surface area contributed by atoms with E-state index in [0.717, 1.165) is 18.7 Å². The summed E-state index contributed by atoms with van der Waals surface area (Å²) in [6.07, 6.45) is 0.894. The highest BCUT2D eigenvalue weighted by molar-refractivity contribution is 5.98. The number of aliphatic hydroxyl groups excluding tert-OH is 1. The van der Waals surface area contributed by atoms with Gasteiger partial charge < -0.3 is 15.3 Å². The number of hydrogen-bond acceptors (Lipinski definition) is 3. The van der Waals surface area contributed by atoms with Crippen LogP contribution in [0.1, 0.15) is 19.4 Å². The number of amides is 1. The number of rotatable bonds is 3. The molecule has 2 rings (SSSR count). The predicted molar refractivity (Wildman–Crippen MR) is 76.2 cm³/mol. The lowest BCUT2D eigenvalue weighted by molar-refractivity contribution is -0.121. The van der Waals surface area contributed by atoms with Gasteiger partial charge in [-0.15, -0.1) is 0 Å². The van der Waals surface area contributed by atoms with Crippen LogP contribution in [0.4, 0.5) is 5.69 Å². The second-order valence-electron chi connectivity index (χ2n) is 5.18. The van der Waals surface area contributed by atoms with Gasteiger partial charge in [0.1, 0.15) is 6.04 Å². The van der Waals surface area contributed by atoms with Gasteiger partial charge >= 0.3 is 0 Å². The molecule has 1 amide bonds. The van der Waals surface area contributed by atoms with Gasteiger partial charge in [-0.05, 0) is 24.0 Å². The fourth-order valence-electron chi connectivity index (χ4n) is 2.52. The minimum atomic E-state index is -0.491. The van der Waals surface area contributed by atoms with Crippen LogP contribution in [0.15, 0.2) is 24.3 Å². The molecule has 1 aromatic rings. The Morgan fingerprint density at radius 2 is 2.16 bits per heavy atom. The fraction of sp³-hybridized carbons (Fsp3) is 0.533. The summed E-state index contributed by atoms with van der Waals surface area (Å²) in [5.41, 5.74) is 2.14. The molecule has 1 fully saturated rings. The Morgan fingerprint density at radius 1 is 1.42 bits per heavy atom. The van der Waals surface area contributed by atoms with Crippen LogP contribution in [0.5, 0.6) is 0 Å². The summed E-state index contributed by atoms with van der Waals surface area (Å²) in [5.74, 6) is 0.332. The van der Waals surface area contributed by atoms with Gasteiger partial charge in [0, 0.05) is 18.8 Å². The van der Waals surface area contributed by atoms with Crippen molar-refractivity contribution in [2.75, 3.05) is 24.6 Å². The molecule has 1 aliphatic heterocycles.